The Labute approximate surface area is 265 Å². The zero-order valence-corrected chi connectivity index (χ0v) is 26.0. The highest BCUT2D eigenvalue weighted by Gasteiger charge is 2.32. The smallest absolute Gasteiger partial charge is 0.337 e. The molecule has 0 spiro atoms. The van der Waals surface area contributed by atoms with Crippen LogP contribution in [0.15, 0.2) is 83.1 Å². The van der Waals surface area contributed by atoms with Crippen LogP contribution in [0, 0.1) is 12.7 Å². The molecular formula is C34H36FN5O6. The molecular weight excluding hydrogens is 593 g/mol. The largest absolute Gasteiger partial charge is 0.490 e. The number of methoxy groups -OCH3 is 1. The van der Waals surface area contributed by atoms with Gasteiger partial charge in [-0.3, -0.25) is 5.43 Å². The molecule has 2 atom stereocenters. The van der Waals surface area contributed by atoms with Crippen molar-refractivity contribution in [3.8, 4) is 11.5 Å². The van der Waals surface area contributed by atoms with Crippen LogP contribution in [-0.2, 0) is 16.1 Å². The zero-order valence-electron chi connectivity index (χ0n) is 26.0. The lowest BCUT2D eigenvalue weighted by Gasteiger charge is -2.28. The molecule has 12 heteroatoms. The predicted molar refractivity (Wildman–Crippen MR) is 171 cm³/mol. The van der Waals surface area contributed by atoms with E-state index in [1.165, 1.54) is 13.2 Å². The van der Waals surface area contributed by atoms with Crippen molar-refractivity contribution in [1.82, 2.24) is 20.6 Å². The van der Waals surface area contributed by atoms with E-state index < -0.39 is 24.3 Å². The summed E-state index contributed by atoms with van der Waals surface area (Å²) < 4.78 is 33.0. The normalized spacial score (nSPS) is 15.4. The quantitative estimate of drug-likeness (QED) is 0.0775. The Morgan fingerprint density at radius 3 is 2.63 bits per heavy atom. The van der Waals surface area contributed by atoms with Gasteiger partial charge in [-0.1, -0.05) is 42.5 Å². The number of amides is 2. The van der Waals surface area contributed by atoms with E-state index in [-0.39, 0.29) is 18.0 Å². The number of aliphatic hydroxyl groups excluding tert-OH is 1. The van der Waals surface area contributed by atoms with Crippen LogP contribution in [0.5, 0.6) is 11.5 Å². The molecule has 0 unspecified atom stereocenters. The van der Waals surface area contributed by atoms with E-state index in [1.807, 2.05) is 48.7 Å². The van der Waals surface area contributed by atoms with Gasteiger partial charge in [-0.15, -0.1) is 0 Å². The topological polar surface area (TPSA) is 135 Å². The van der Waals surface area contributed by atoms with E-state index in [4.69, 9.17) is 14.2 Å². The number of aromatic nitrogens is 1. The van der Waals surface area contributed by atoms with Gasteiger partial charge in [0.15, 0.2) is 17.7 Å². The van der Waals surface area contributed by atoms with Crippen molar-refractivity contribution in [2.75, 3.05) is 20.3 Å². The Hall–Kier alpha value is -5.36. The first kappa shape index (κ1) is 32.0. The van der Waals surface area contributed by atoms with Crippen molar-refractivity contribution >= 4 is 29.1 Å². The highest BCUT2D eigenvalue weighted by molar-refractivity contribution is 6.01. The molecule has 1 aromatic heterocycles. The molecule has 0 aliphatic carbocycles. The van der Waals surface area contributed by atoms with E-state index in [0.717, 1.165) is 22.2 Å². The molecule has 0 saturated heterocycles. The molecule has 1 aliphatic heterocycles. The predicted octanol–water partition coefficient (Wildman–Crippen LogP) is 4.66. The van der Waals surface area contributed by atoms with Gasteiger partial charge in [0.05, 0.1) is 38.1 Å². The van der Waals surface area contributed by atoms with Crippen molar-refractivity contribution in [3.63, 3.8) is 0 Å². The maximum Gasteiger partial charge on any atom is 0.337 e. The van der Waals surface area contributed by atoms with E-state index in [1.54, 1.807) is 43.5 Å². The molecule has 0 bridgehead atoms. The molecule has 0 radical (unpaired) electrons. The molecule has 1 aliphatic rings. The third kappa shape index (κ3) is 6.81. The number of nitrogens with zero attached hydrogens (tertiary/aromatic N) is 2. The first-order valence-corrected chi connectivity index (χ1v) is 14.8. The van der Waals surface area contributed by atoms with Crippen LogP contribution < -0.4 is 25.5 Å². The van der Waals surface area contributed by atoms with Gasteiger partial charge in [-0.05, 0) is 50.6 Å². The number of urea groups is 1. The maximum atomic E-state index is 14.4. The van der Waals surface area contributed by atoms with E-state index in [9.17, 15) is 19.1 Å². The fourth-order valence-corrected chi connectivity index (χ4v) is 5.43. The van der Waals surface area contributed by atoms with E-state index in [2.05, 4.69) is 21.2 Å². The average molecular weight is 630 g/mol. The number of allylic oxidation sites excluding steroid dienone is 1. The molecule has 3 aromatic carbocycles. The van der Waals surface area contributed by atoms with Crippen molar-refractivity contribution in [2.24, 2.45) is 5.10 Å². The summed E-state index contributed by atoms with van der Waals surface area (Å²) >= 11 is 0. The number of rotatable bonds is 12. The highest BCUT2D eigenvalue weighted by atomic mass is 19.1. The Bertz CT molecular complexity index is 1820. The number of hydrogen-bond donors (Lipinski definition) is 4. The first-order valence-electron chi connectivity index (χ1n) is 14.8. The summed E-state index contributed by atoms with van der Waals surface area (Å²) in [6.07, 6.45) is 0.457. The number of hydrazone groups is 1. The zero-order chi connectivity index (χ0) is 32.8. The molecule has 11 nitrogen and oxygen atoms in total. The second-order valence-electron chi connectivity index (χ2n) is 10.6. The van der Waals surface area contributed by atoms with Crippen LogP contribution in [0.2, 0.25) is 0 Å². The molecule has 0 fully saturated rings. The fraction of sp³-hybridized carbons (Fsp3) is 0.265. The Kier molecular flexibility index (Phi) is 9.87. The van der Waals surface area contributed by atoms with Gasteiger partial charge in [0.1, 0.15) is 12.4 Å². The number of ether oxygens (including phenoxy) is 3. The minimum absolute atomic E-state index is 0.165. The van der Waals surface area contributed by atoms with E-state index in [0.29, 0.717) is 41.5 Å². The van der Waals surface area contributed by atoms with E-state index >= 15 is 0 Å². The molecule has 4 aromatic rings. The van der Waals surface area contributed by atoms with Crippen LogP contribution in [-0.4, -0.2) is 54.4 Å². The van der Waals surface area contributed by atoms with Crippen LogP contribution >= 0.6 is 0 Å². The summed E-state index contributed by atoms with van der Waals surface area (Å²) in [5, 5.41) is 21.2. The van der Waals surface area contributed by atoms with Crippen molar-refractivity contribution in [2.45, 2.75) is 39.6 Å². The second kappa shape index (κ2) is 14.2. The minimum Gasteiger partial charge on any atom is -0.490 e. The van der Waals surface area contributed by atoms with Gasteiger partial charge in [0.2, 0.25) is 0 Å². The highest BCUT2D eigenvalue weighted by Crippen LogP contribution is 2.35. The summed E-state index contributed by atoms with van der Waals surface area (Å²) in [6.45, 7) is 5.91. The molecule has 5 rings (SSSR count). The Balaban J connectivity index is 1.29. The summed E-state index contributed by atoms with van der Waals surface area (Å²) in [7, 11) is 1.27. The standard InChI is InChI=1S/C34H36FN5O6/c1-5-45-29-16-22(32-31(33(42)44-4)20(2)37-34(43)38-32)14-15-28(29)46-19-30(41)39-36-17-25-21(3)40(27-13-9-7-11-24(25)27)18-23-10-6-8-12-26(23)35/h6-17,30,32,39,41H,5,18-19H2,1-4H3,(H2,37,38,43)/b36-17+/t30-,32-/m1/s1. The van der Waals surface area contributed by atoms with Crippen molar-refractivity contribution in [1.29, 1.82) is 0 Å². The molecule has 4 N–H and O–H groups in total. The third-order valence-corrected chi connectivity index (χ3v) is 7.66. The van der Waals surface area contributed by atoms with Crippen LogP contribution in [0.3, 0.4) is 0 Å². The van der Waals surface area contributed by atoms with Gasteiger partial charge < -0.3 is 34.5 Å². The lowest BCUT2D eigenvalue weighted by Crippen LogP contribution is -2.45. The number of hydrogen-bond acceptors (Lipinski definition) is 8. The minimum atomic E-state index is -1.17. The molecule has 240 valence electrons. The summed E-state index contributed by atoms with van der Waals surface area (Å²) in [6, 6.07) is 18.3. The number of halogens is 1. The number of para-hydroxylation sites is 1. The van der Waals surface area contributed by atoms with Gasteiger partial charge >= 0.3 is 12.0 Å². The monoisotopic (exact) mass is 629 g/mol. The SMILES string of the molecule is CCOc1cc([C@H]2NC(=O)NC(C)=C2C(=O)OC)ccc1OC[C@@H](O)N/N=C/c1c(C)n(Cc2ccccc2F)c2ccccc12. The van der Waals surface area contributed by atoms with Gasteiger partial charge in [-0.25, -0.2) is 14.0 Å². The van der Waals surface area contributed by atoms with Gasteiger partial charge in [0, 0.05) is 33.4 Å². The van der Waals surface area contributed by atoms with Crippen LogP contribution in [0.25, 0.3) is 10.9 Å². The molecule has 0 saturated carbocycles. The van der Waals surface area contributed by atoms with Crippen molar-refractivity contribution < 1.29 is 33.3 Å². The first-order chi connectivity index (χ1) is 22.2. The number of nitrogens with one attached hydrogen (secondary N) is 3. The van der Waals surface area contributed by atoms with Crippen LogP contribution in [0.1, 0.15) is 42.3 Å². The number of fused-ring (bicyclic) bond motifs is 1. The van der Waals surface area contributed by atoms with Gasteiger partial charge in [0.25, 0.3) is 0 Å². The number of benzene rings is 3. The summed E-state index contributed by atoms with van der Waals surface area (Å²) in [4.78, 5) is 24.7. The Morgan fingerprint density at radius 1 is 1.11 bits per heavy atom. The number of carbonyl (C=O) groups is 2. The third-order valence-electron chi connectivity index (χ3n) is 7.66. The Morgan fingerprint density at radius 2 is 1.87 bits per heavy atom. The van der Waals surface area contributed by atoms with Crippen LogP contribution in [0.4, 0.5) is 9.18 Å². The summed E-state index contributed by atoms with van der Waals surface area (Å²) in [5.74, 6) is -0.127. The van der Waals surface area contributed by atoms with Crippen molar-refractivity contribution in [3.05, 3.63) is 106 Å². The second-order valence-corrected chi connectivity index (χ2v) is 10.6. The number of aliphatic hydroxyl groups is 1. The fourth-order valence-electron chi connectivity index (χ4n) is 5.43. The maximum absolute atomic E-state index is 14.4. The van der Waals surface area contributed by atoms with Gasteiger partial charge in [-0.2, -0.15) is 5.10 Å². The average Bonchev–Trinajstić information content (AvgIpc) is 3.30. The molecule has 2 amide bonds. The molecule has 46 heavy (non-hydrogen) atoms. The lowest BCUT2D eigenvalue weighted by molar-refractivity contribution is -0.136. The summed E-state index contributed by atoms with van der Waals surface area (Å²) in [5.41, 5.74) is 7.17. The lowest BCUT2D eigenvalue weighted by atomic mass is 9.95. The number of carbonyl (C=O) groups excluding carboxylic acids is 2. The molecule has 2 heterocycles. The number of esters is 1.